The Bertz CT molecular complexity index is 1490. The molecule has 3 N–H and O–H groups in total. The minimum Gasteiger partial charge on any atom is -0.454 e. The first kappa shape index (κ1) is 23.4. The maximum atomic E-state index is 12.5. The average Bonchev–Trinajstić information content (AvgIpc) is 3.53. The van der Waals surface area contributed by atoms with E-state index in [4.69, 9.17) is 19.6 Å². The number of nitrogens with two attached hydrogens (primary N) is 1. The number of nitrogens with one attached hydrogen (secondary N) is 1. The first-order valence-corrected chi connectivity index (χ1v) is 12.9. The molecular weight excluding hydrogens is 494 g/mol. The zero-order valence-electron chi connectivity index (χ0n) is 19.2. The second-order valence-corrected chi connectivity index (χ2v) is 12.2. The molecule has 0 atom stereocenters. The minimum atomic E-state index is -3.53. The highest BCUT2D eigenvalue weighted by Gasteiger charge is 2.29. The van der Waals surface area contributed by atoms with Crippen LogP contribution in [0, 0.1) is 0 Å². The molecule has 0 amide bonds. The van der Waals surface area contributed by atoms with Crippen molar-refractivity contribution in [3.05, 3.63) is 30.9 Å². The number of nitrogens with zero attached hydrogens (tertiary/aromatic N) is 5. The van der Waals surface area contributed by atoms with Crippen LogP contribution in [-0.2, 0) is 16.6 Å². The summed E-state index contributed by atoms with van der Waals surface area (Å²) in [4.78, 5) is 18.1. The first-order chi connectivity index (χ1) is 16.6. The highest BCUT2D eigenvalue weighted by atomic mass is 32.2. The van der Waals surface area contributed by atoms with E-state index in [0.29, 0.717) is 39.3 Å². The molecule has 1 aromatic carbocycles. The van der Waals surface area contributed by atoms with Gasteiger partial charge in [0.2, 0.25) is 22.7 Å². The van der Waals surface area contributed by atoms with Gasteiger partial charge in [-0.05, 0) is 32.9 Å². The molecule has 0 spiro atoms. The zero-order valence-corrected chi connectivity index (χ0v) is 20.8. The van der Waals surface area contributed by atoms with Crippen molar-refractivity contribution < 1.29 is 22.3 Å². The lowest BCUT2D eigenvalue weighted by molar-refractivity contribution is 0.174. The predicted octanol–water partition coefficient (Wildman–Crippen LogP) is 2.66. The second kappa shape index (κ2) is 8.70. The number of ether oxygens (including phenoxy) is 2. The van der Waals surface area contributed by atoms with Crippen LogP contribution in [0.1, 0.15) is 20.8 Å². The fourth-order valence-corrected chi connectivity index (χ4v) is 5.19. The van der Waals surface area contributed by atoms with Crippen LogP contribution < -0.4 is 19.9 Å². The number of anilines is 1. The standard InChI is InChI=1S/C21H23N7O5S2/c1-21(2,3)35(29,30)26-4-6-28-18-16(17(22)24-10-25-18)27-20(28)34-15-9-14-13(32-11-33-14)8-12(15)19-23-5-7-31-19/h5,7-10,26H,4,6,11H2,1-3H3,(H2,22,24,25). The van der Waals surface area contributed by atoms with Crippen LogP contribution in [0.5, 0.6) is 11.5 Å². The Hall–Kier alpha value is -3.36. The van der Waals surface area contributed by atoms with Crippen LogP contribution in [0.4, 0.5) is 5.82 Å². The highest BCUT2D eigenvalue weighted by Crippen LogP contribution is 2.44. The number of aromatic nitrogens is 5. The van der Waals surface area contributed by atoms with Gasteiger partial charge in [0.1, 0.15) is 12.6 Å². The number of sulfonamides is 1. The normalized spacial score (nSPS) is 13.6. The van der Waals surface area contributed by atoms with Crippen LogP contribution >= 0.6 is 11.8 Å². The highest BCUT2D eigenvalue weighted by molar-refractivity contribution is 7.99. The van der Waals surface area contributed by atoms with Gasteiger partial charge in [-0.3, -0.25) is 0 Å². The third kappa shape index (κ3) is 4.39. The molecule has 0 bridgehead atoms. The number of hydrogen-bond acceptors (Lipinski definition) is 11. The minimum absolute atomic E-state index is 0.118. The molecule has 0 fully saturated rings. The molecule has 0 saturated heterocycles. The van der Waals surface area contributed by atoms with Crippen LogP contribution in [0.3, 0.4) is 0 Å². The molecule has 3 aromatic heterocycles. The Morgan fingerprint density at radius 1 is 1.17 bits per heavy atom. The summed E-state index contributed by atoms with van der Waals surface area (Å²) in [6, 6.07) is 3.63. The molecule has 35 heavy (non-hydrogen) atoms. The SMILES string of the molecule is CC(C)(C)S(=O)(=O)NCCn1c(Sc2cc3c(cc2-c2ncco2)OCO3)nc2c(N)ncnc21. The lowest BCUT2D eigenvalue weighted by Gasteiger charge is -2.20. The van der Waals surface area contributed by atoms with Crippen molar-refractivity contribution in [2.45, 2.75) is 42.1 Å². The van der Waals surface area contributed by atoms with Crippen molar-refractivity contribution in [1.82, 2.24) is 29.2 Å². The van der Waals surface area contributed by atoms with E-state index in [1.54, 1.807) is 37.6 Å². The number of oxazole rings is 1. The lowest BCUT2D eigenvalue weighted by atomic mass is 10.2. The lowest BCUT2D eigenvalue weighted by Crippen LogP contribution is -2.40. The fraction of sp³-hybridized carbons (Fsp3) is 0.333. The summed E-state index contributed by atoms with van der Waals surface area (Å²) >= 11 is 1.32. The first-order valence-electron chi connectivity index (χ1n) is 10.6. The average molecular weight is 518 g/mol. The Kier molecular flexibility index (Phi) is 5.81. The smallest absolute Gasteiger partial charge is 0.231 e. The van der Waals surface area contributed by atoms with Gasteiger partial charge in [0, 0.05) is 18.0 Å². The van der Waals surface area contributed by atoms with Crippen molar-refractivity contribution >= 4 is 38.8 Å². The number of imidazole rings is 1. The summed E-state index contributed by atoms with van der Waals surface area (Å²) in [7, 11) is -3.53. The van der Waals surface area contributed by atoms with Gasteiger partial charge in [-0.1, -0.05) is 11.8 Å². The third-order valence-corrected chi connectivity index (χ3v) is 8.55. The number of benzene rings is 1. The molecule has 12 nitrogen and oxygen atoms in total. The summed E-state index contributed by atoms with van der Waals surface area (Å²) < 4.78 is 45.2. The fourth-order valence-electron chi connectivity index (χ4n) is 3.35. The van der Waals surface area contributed by atoms with Gasteiger partial charge in [0.25, 0.3) is 0 Å². The van der Waals surface area contributed by atoms with Crippen molar-refractivity contribution in [2.75, 3.05) is 19.1 Å². The summed E-state index contributed by atoms with van der Waals surface area (Å²) in [5.74, 6) is 1.81. The Balaban J connectivity index is 1.54. The number of hydrogen-bond donors (Lipinski definition) is 2. The van der Waals surface area contributed by atoms with Gasteiger partial charge < -0.3 is 24.2 Å². The van der Waals surface area contributed by atoms with Gasteiger partial charge in [-0.25, -0.2) is 33.1 Å². The van der Waals surface area contributed by atoms with Crippen LogP contribution in [0.15, 0.2) is 45.4 Å². The summed E-state index contributed by atoms with van der Waals surface area (Å²) in [5, 5.41) is 0.536. The third-order valence-electron chi connectivity index (χ3n) is 5.30. The van der Waals surface area contributed by atoms with Gasteiger partial charge >= 0.3 is 0 Å². The molecule has 1 aliphatic rings. The van der Waals surface area contributed by atoms with E-state index in [0.717, 1.165) is 4.90 Å². The van der Waals surface area contributed by atoms with Gasteiger partial charge in [0.15, 0.2) is 33.6 Å². The van der Waals surface area contributed by atoms with Crippen molar-refractivity contribution in [2.24, 2.45) is 0 Å². The van der Waals surface area contributed by atoms with Crippen LogP contribution in [0.2, 0.25) is 0 Å². The van der Waals surface area contributed by atoms with E-state index < -0.39 is 14.8 Å². The maximum Gasteiger partial charge on any atom is 0.231 e. The molecule has 1 aliphatic heterocycles. The van der Waals surface area contributed by atoms with E-state index >= 15 is 0 Å². The number of rotatable bonds is 7. The monoisotopic (exact) mass is 517 g/mol. The van der Waals surface area contributed by atoms with Crippen molar-refractivity contribution in [3.63, 3.8) is 0 Å². The Morgan fingerprint density at radius 2 is 1.94 bits per heavy atom. The Labute approximate surface area is 205 Å². The van der Waals surface area contributed by atoms with E-state index in [1.165, 1.54) is 24.4 Å². The van der Waals surface area contributed by atoms with Crippen molar-refractivity contribution in [1.29, 1.82) is 0 Å². The van der Waals surface area contributed by atoms with Gasteiger partial charge in [-0.15, -0.1) is 0 Å². The van der Waals surface area contributed by atoms with Gasteiger partial charge in [-0.2, -0.15) is 0 Å². The maximum absolute atomic E-state index is 12.5. The quantitative estimate of drug-likeness (QED) is 0.371. The van der Waals surface area contributed by atoms with E-state index in [1.807, 2.05) is 6.07 Å². The van der Waals surface area contributed by atoms with E-state index in [-0.39, 0.29) is 25.7 Å². The summed E-state index contributed by atoms with van der Waals surface area (Å²) in [6.07, 6.45) is 4.39. The van der Waals surface area contributed by atoms with E-state index in [9.17, 15) is 8.42 Å². The molecule has 0 unspecified atom stereocenters. The topological polar surface area (TPSA) is 160 Å². The molecule has 184 valence electrons. The number of nitrogen functional groups attached to an aromatic ring is 1. The molecule has 0 radical (unpaired) electrons. The number of fused-ring (bicyclic) bond motifs is 2. The Morgan fingerprint density at radius 3 is 2.66 bits per heavy atom. The molecule has 4 aromatic rings. The van der Waals surface area contributed by atoms with E-state index in [2.05, 4.69) is 24.7 Å². The van der Waals surface area contributed by atoms with Crippen molar-refractivity contribution in [3.8, 4) is 23.0 Å². The molecule has 14 heteroatoms. The summed E-state index contributed by atoms with van der Waals surface area (Å²) in [6.45, 7) is 5.44. The molecule has 0 aliphatic carbocycles. The molecule has 4 heterocycles. The molecule has 5 rings (SSSR count). The second-order valence-electron chi connectivity index (χ2n) is 8.63. The molecular formula is C21H23N7O5S2. The molecule has 0 saturated carbocycles. The van der Waals surface area contributed by atoms with Crippen LogP contribution in [0.25, 0.3) is 22.6 Å². The summed E-state index contributed by atoms with van der Waals surface area (Å²) in [5.41, 5.74) is 7.67. The van der Waals surface area contributed by atoms with Gasteiger partial charge in [0.05, 0.1) is 16.5 Å². The largest absolute Gasteiger partial charge is 0.454 e. The predicted molar refractivity (Wildman–Crippen MR) is 129 cm³/mol. The van der Waals surface area contributed by atoms with Crippen LogP contribution in [-0.4, -0.2) is 51.0 Å². The zero-order chi connectivity index (χ0) is 24.8.